The highest BCUT2D eigenvalue weighted by Crippen LogP contribution is 2.44. The van der Waals surface area contributed by atoms with Crippen LogP contribution < -0.4 is 10.1 Å². The second-order valence-corrected chi connectivity index (χ2v) is 5.16. The smallest absolute Gasteiger partial charge is 0.123 e. The molecule has 0 aromatic heterocycles. The Hall–Kier alpha value is -1.02. The van der Waals surface area contributed by atoms with Crippen LogP contribution in [-0.2, 0) is 0 Å². The van der Waals surface area contributed by atoms with Gasteiger partial charge in [-0.3, -0.25) is 0 Å². The van der Waals surface area contributed by atoms with Gasteiger partial charge in [-0.1, -0.05) is 25.1 Å². The first-order chi connectivity index (χ1) is 7.64. The molecule has 0 spiro atoms. The molecule has 2 heteroatoms. The maximum Gasteiger partial charge on any atom is 0.123 e. The van der Waals surface area contributed by atoms with E-state index in [4.69, 9.17) is 4.74 Å². The Balaban J connectivity index is 1.99. The van der Waals surface area contributed by atoms with Crippen molar-refractivity contribution < 1.29 is 4.74 Å². The third kappa shape index (κ3) is 2.56. The largest absolute Gasteiger partial charge is 0.496 e. The molecule has 1 N–H and O–H groups in total. The van der Waals surface area contributed by atoms with Crippen LogP contribution in [0.1, 0.15) is 38.3 Å². The summed E-state index contributed by atoms with van der Waals surface area (Å²) in [6, 6.07) is 8.58. The van der Waals surface area contributed by atoms with Crippen LogP contribution in [0.25, 0.3) is 0 Å². The van der Waals surface area contributed by atoms with Crippen LogP contribution >= 0.6 is 0 Å². The Kier molecular flexibility index (Phi) is 3.20. The number of ether oxygens (including phenoxy) is 1. The zero-order valence-electron chi connectivity index (χ0n) is 10.4. The predicted molar refractivity (Wildman–Crippen MR) is 66.8 cm³/mol. The molecule has 1 aliphatic carbocycles. The van der Waals surface area contributed by atoms with Gasteiger partial charge in [-0.2, -0.15) is 0 Å². The van der Waals surface area contributed by atoms with Crippen molar-refractivity contribution in [3.05, 3.63) is 29.8 Å². The molecule has 1 unspecified atom stereocenters. The minimum atomic E-state index is 0.355. The average molecular weight is 219 g/mol. The molecule has 0 radical (unpaired) electrons. The van der Waals surface area contributed by atoms with E-state index in [1.807, 2.05) is 12.1 Å². The number of nitrogens with one attached hydrogen (secondary N) is 1. The van der Waals surface area contributed by atoms with E-state index < -0.39 is 0 Å². The molecule has 1 fully saturated rings. The van der Waals surface area contributed by atoms with Gasteiger partial charge in [0, 0.05) is 18.2 Å². The molecule has 1 aliphatic rings. The Morgan fingerprint density at radius 1 is 1.38 bits per heavy atom. The highest BCUT2D eigenvalue weighted by Gasteiger charge is 2.37. The van der Waals surface area contributed by atoms with Gasteiger partial charge in [0.1, 0.15) is 5.75 Å². The van der Waals surface area contributed by atoms with Crippen molar-refractivity contribution in [3.8, 4) is 5.75 Å². The van der Waals surface area contributed by atoms with Crippen LogP contribution in [0.4, 0.5) is 0 Å². The summed E-state index contributed by atoms with van der Waals surface area (Å²) >= 11 is 0. The van der Waals surface area contributed by atoms with E-state index in [2.05, 4.69) is 31.3 Å². The third-order valence-corrected chi connectivity index (χ3v) is 3.54. The van der Waals surface area contributed by atoms with E-state index in [0.717, 1.165) is 12.3 Å². The molecule has 0 amide bonds. The van der Waals surface area contributed by atoms with Crippen LogP contribution in [0, 0.1) is 5.41 Å². The molecular formula is C14H21NO. The number of hydrogen-bond donors (Lipinski definition) is 1. The van der Waals surface area contributed by atoms with Gasteiger partial charge in [0.05, 0.1) is 7.11 Å². The molecule has 1 atom stereocenters. The first kappa shape index (κ1) is 11.5. The van der Waals surface area contributed by atoms with Crippen molar-refractivity contribution in [1.29, 1.82) is 0 Å². The summed E-state index contributed by atoms with van der Waals surface area (Å²) < 4.78 is 5.37. The van der Waals surface area contributed by atoms with Crippen LogP contribution in [0.15, 0.2) is 24.3 Å². The predicted octanol–water partition coefficient (Wildman–Crippen LogP) is 3.15. The van der Waals surface area contributed by atoms with Crippen molar-refractivity contribution in [2.75, 3.05) is 13.7 Å². The second-order valence-electron chi connectivity index (χ2n) is 5.16. The fraction of sp³-hybridized carbons (Fsp3) is 0.571. The van der Waals surface area contributed by atoms with Crippen LogP contribution in [0.5, 0.6) is 5.75 Å². The van der Waals surface area contributed by atoms with Crippen molar-refractivity contribution in [1.82, 2.24) is 5.32 Å². The Labute approximate surface area is 98.0 Å². The topological polar surface area (TPSA) is 21.3 Å². The fourth-order valence-electron chi connectivity index (χ4n) is 1.92. The van der Waals surface area contributed by atoms with Crippen molar-refractivity contribution in [2.45, 2.75) is 32.7 Å². The van der Waals surface area contributed by atoms with Crippen LogP contribution in [0.2, 0.25) is 0 Å². The molecule has 16 heavy (non-hydrogen) atoms. The molecule has 0 heterocycles. The minimum absolute atomic E-state index is 0.355. The molecule has 2 rings (SSSR count). The lowest BCUT2D eigenvalue weighted by atomic mass is 10.1. The summed E-state index contributed by atoms with van der Waals surface area (Å²) in [5.41, 5.74) is 1.80. The van der Waals surface area contributed by atoms with E-state index in [-0.39, 0.29) is 0 Å². The summed E-state index contributed by atoms with van der Waals surface area (Å²) in [5.74, 6) is 0.975. The Morgan fingerprint density at radius 2 is 2.06 bits per heavy atom. The lowest BCUT2D eigenvalue weighted by Gasteiger charge is -2.19. The first-order valence-electron chi connectivity index (χ1n) is 6.01. The van der Waals surface area contributed by atoms with Gasteiger partial charge in [0.2, 0.25) is 0 Å². The normalized spacial score (nSPS) is 19.2. The molecule has 2 nitrogen and oxygen atoms in total. The van der Waals surface area contributed by atoms with Gasteiger partial charge in [0.25, 0.3) is 0 Å². The van der Waals surface area contributed by atoms with Gasteiger partial charge >= 0.3 is 0 Å². The van der Waals surface area contributed by atoms with Gasteiger partial charge < -0.3 is 10.1 Å². The average Bonchev–Trinajstić information content (AvgIpc) is 3.05. The number of benzene rings is 1. The lowest BCUT2D eigenvalue weighted by molar-refractivity contribution is 0.395. The molecule has 88 valence electrons. The zero-order valence-corrected chi connectivity index (χ0v) is 10.4. The van der Waals surface area contributed by atoms with Gasteiger partial charge in [0.15, 0.2) is 0 Å². The summed E-state index contributed by atoms with van der Waals surface area (Å²) in [5, 5.41) is 3.60. The zero-order chi connectivity index (χ0) is 11.6. The number of methoxy groups -OCH3 is 1. The second kappa shape index (κ2) is 4.46. The van der Waals surface area contributed by atoms with E-state index in [1.165, 1.54) is 18.4 Å². The first-order valence-corrected chi connectivity index (χ1v) is 6.01. The summed E-state index contributed by atoms with van der Waals surface area (Å²) in [7, 11) is 1.73. The maximum atomic E-state index is 5.37. The number of rotatable bonds is 5. The lowest BCUT2D eigenvalue weighted by Crippen LogP contribution is -2.25. The Bertz CT molecular complexity index is 358. The van der Waals surface area contributed by atoms with Crippen molar-refractivity contribution in [2.24, 2.45) is 5.41 Å². The van der Waals surface area contributed by atoms with E-state index in [1.54, 1.807) is 7.11 Å². The molecule has 0 saturated heterocycles. The highest BCUT2D eigenvalue weighted by atomic mass is 16.5. The minimum Gasteiger partial charge on any atom is -0.496 e. The maximum absolute atomic E-state index is 5.37. The van der Waals surface area contributed by atoms with Crippen molar-refractivity contribution in [3.63, 3.8) is 0 Å². The van der Waals surface area contributed by atoms with Crippen LogP contribution in [0.3, 0.4) is 0 Å². The summed E-state index contributed by atoms with van der Waals surface area (Å²) in [6.45, 7) is 5.64. The summed E-state index contributed by atoms with van der Waals surface area (Å²) in [6.07, 6.45) is 2.72. The molecule has 1 aromatic carbocycles. The van der Waals surface area contributed by atoms with Crippen molar-refractivity contribution >= 4 is 0 Å². The fourth-order valence-corrected chi connectivity index (χ4v) is 1.92. The van der Waals surface area contributed by atoms with Gasteiger partial charge in [-0.05, 0) is 31.2 Å². The highest BCUT2D eigenvalue weighted by molar-refractivity contribution is 5.35. The van der Waals surface area contributed by atoms with Crippen LogP contribution in [-0.4, -0.2) is 13.7 Å². The van der Waals surface area contributed by atoms with Gasteiger partial charge in [-0.25, -0.2) is 0 Å². The van der Waals surface area contributed by atoms with Gasteiger partial charge in [-0.15, -0.1) is 0 Å². The molecule has 1 saturated carbocycles. The molecule has 1 aromatic rings. The standard InChI is InChI=1S/C14H21NO/c1-11(15-10-14(2)8-9-14)12-6-4-5-7-13(12)16-3/h4-7,11,15H,8-10H2,1-3H3. The quantitative estimate of drug-likeness (QED) is 0.821. The Morgan fingerprint density at radius 3 is 2.69 bits per heavy atom. The summed E-state index contributed by atoms with van der Waals surface area (Å²) in [4.78, 5) is 0. The molecule has 0 bridgehead atoms. The van der Waals surface area contributed by atoms with E-state index >= 15 is 0 Å². The van der Waals surface area contributed by atoms with E-state index in [0.29, 0.717) is 11.5 Å². The number of para-hydroxylation sites is 1. The monoisotopic (exact) mass is 219 g/mol. The van der Waals surface area contributed by atoms with E-state index in [9.17, 15) is 0 Å². The number of hydrogen-bond acceptors (Lipinski definition) is 2. The molecular weight excluding hydrogens is 198 g/mol. The SMILES string of the molecule is COc1ccccc1C(C)NCC1(C)CC1. The molecule has 0 aliphatic heterocycles. The third-order valence-electron chi connectivity index (χ3n) is 3.54.